The molecule has 0 aromatic heterocycles. The van der Waals surface area contributed by atoms with Crippen molar-refractivity contribution < 1.29 is 9.90 Å². The molecular weight excluding hydrogens is 312 g/mol. The third kappa shape index (κ3) is 6.33. The van der Waals surface area contributed by atoms with Crippen LogP contribution in [0, 0.1) is 5.92 Å². The molecule has 0 aliphatic carbocycles. The molecule has 134 valence electrons. The highest BCUT2D eigenvalue weighted by Crippen LogP contribution is 2.10. The summed E-state index contributed by atoms with van der Waals surface area (Å²) in [5, 5.41) is 12.7. The summed E-state index contributed by atoms with van der Waals surface area (Å²) in [5.74, 6) is -0.397. The molecule has 0 fully saturated rings. The summed E-state index contributed by atoms with van der Waals surface area (Å²) in [5.41, 5.74) is 2.64. The van der Waals surface area contributed by atoms with Crippen LogP contribution in [0.2, 0.25) is 0 Å². The average molecular weight is 340 g/mol. The highest BCUT2D eigenvalue weighted by atomic mass is 16.4. The van der Waals surface area contributed by atoms with E-state index in [1.54, 1.807) is 18.2 Å². The molecular formula is C21H28N2O2. The fraction of sp³-hybridized carbons (Fsp3) is 0.381. The number of carboxylic acid groups (broad SMARTS) is 1. The number of carboxylic acids is 1. The lowest BCUT2D eigenvalue weighted by molar-refractivity contribution is 0.0696. The summed E-state index contributed by atoms with van der Waals surface area (Å²) in [6.07, 6.45) is 0. The van der Waals surface area contributed by atoms with Crippen molar-refractivity contribution in [2.45, 2.75) is 33.0 Å². The van der Waals surface area contributed by atoms with Crippen molar-refractivity contribution >= 4 is 5.97 Å². The molecule has 0 aliphatic heterocycles. The molecule has 2 N–H and O–H groups in total. The molecule has 0 saturated heterocycles. The molecule has 1 unspecified atom stereocenters. The highest BCUT2D eigenvalue weighted by Gasteiger charge is 2.15. The second kappa shape index (κ2) is 9.35. The van der Waals surface area contributed by atoms with E-state index < -0.39 is 5.97 Å². The Labute approximate surface area is 150 Å². The van der Waals surface area contributed by atoms with Gasteiger partial charge >= 0.3 is 5.97 Å². The third-order valence-electron chi connectivity index (χ3n) is 4.35. The van der Waals surface area contributed by atoms with Crippen molar-refractivity contribution in [1.82, 2.24) is 10.2 Å². The summed E-state index contributed by atoms with van der Waals surface area (Å²) >= 11 is 0. The van der Waals surface area contributed by atoms with Crippen LogP contribution >= 0.6 is 0 Å². The molecule has 1 atom stereocenters. The number of rotatable bonds is 9. The smallest absolute Gasteiger partial charge is 0.335 e. The quantitative estimate of drug-likeness (QED) is 0.732. The Morgan fingerprint density at radius 1 is 1.08 bits per heavy atom. The lowest BCUT2D eigenvalue weighted by atomic mass is 10.0. The van der Waals surface area contributed by atoms with E-state index in [0.717, 1.165) is 18.7 Å². The first-order chi connectivity index (χ1) is 12.0. The Balaban J connectivity index is 1.92. The molecule has 4 nitrogen and oxygen atoms in total. The molecule has 2 aromatic rings. The maximum Gasteiger partial charge on any atom is 0.335 e. The van der Waals surface area contributed by atoms with Gasteiger partial charge in [0, 0.05) is 25.7 Å². The molecule has 25 heavy (non-hydrogen) atoms. The van der Waals surface area contributed by atoms with Crippen LogP contribution in [-0.4, -0.2) is 35.6 Å². The van der Waals surface area contributed by atoms with Gasteiger partial charge in [-0.1, -0.05) is 56.3 Å². The molecule has 4 heteroatoms. The maximum absolute atomic E-state index is 11.1. The lowest BCUT2D eigenvalue weighted by Crippen LogP contribution is -2.42. The van der Waals surface area contributed by atoms with Crippen molar-refractivity contribution in [1.29, 1.82) is 0 Å². The first-order valence-corrected chi connectivity index (χ1v) is 8.74. The summed E-state index contributed by atoms with van der Waals surface area (Å²) in [4.78, 5) is 13.4. The van der Waals surface area contributed by atoms with Crippen molar-refractivity contribution in [3.63, 3.8) is 0 Å². The van der Waals surface area contributed by atoms with Crippen LogP contribution in [0.25, 0.3) is 0 Å². The van der Waals surface area contributed by atoms with Crippen LogP contribution < -0.4 is 5.32 Å². The number of hydrogen-bond donors (Lipinski definition) is 2. The van der Waals surface area contributed by atoms with Crippen molar-refractivity contribution in [2.75, 3.05) is 13.6 Å². The standard InChI is InChI=1S/C21H28N2O2/c1-16(2)20(15-23(3)14-17-8-5-4-6-9-17)22-13-18-10-7-11-19(12-18)21(24)25/h4-12,16,20,22H,13-15H2,1-3H3,(H,24,25). The number of carbonyl (C=O) groups is 1. The van der Waals surface area contributed by atoms with Gasteiger partial charge in [0.25, 0.3) is 0 Å². The normalized spacial score (nSPS) is 12.5. The summed E-state index contributed by atoms with van der Waals surface area (Å²) in [6.45, 7) is 6.94. The Morgan fingerprint density at radius 3 is 2.40 bits per heavy atom. The Bertz CT molecular complexity index is 671. The van der Waals surface area contributed by atoms with Crippen molar-refractivity contribution in [3.8, 4) is 0 Å². The van der Waals surface area contributed by atoms with Crippen LogP contribution in [-0.2, 0) is 13.1 Å². The fourth-order valence-electron chi connectivity index (χ4n) is 2.87. The summed E-state index contributed by atoms with van der Waals surface area (Å²) in [7, 11) is 2.13. The largest absolute Gasteiger partial charge is 0.478 e. The van der Waals surface area contributed by atoms with Gasteiger partial charge in [-0.3, -0.25) is 0 Å². The lowest BCUT2D eigenvalue weighted by Gasteiger charge is -2.28. The van der Waals surface area contributed by atoms with Gasteiger partial charge in [-0.05, 0) is 36.2 Å². The maximum atomic E-state index is 11.1. The van der Waals surface area contributed by atoms with Gasteiger partial charge in [-0.25, -0.2) is 4.79 Å². The van der Waals surface area contributed by atoms with Gasteiger partial charge < -0.3 is 15.3 Å². The van der Waals surface area contributed by atoms with Gasteiger partial charge in [0.05, 0.1) is 5.56 Å². The topological polar surface area (TPSA) is 52.6 Å². The Kier molecular flexibility index (Phi) is 7.16. The van der Waals surface area contributed by atoms with E-state index in [4.69, 9.17) is 5.11 Å². The predicted molar refractivity (Wildman–Crippen MR) is 102 cm³/mol. The van der Waals surface area contributed by atoms with Crippen LogP contribution in [0.1, 0.15) is 35.3 Å². The van der Waals surface area contributed by atoms with Crippen LogP contribution in [0.15, 0.2) is 54.6 Å². The van der Waals surface area contributed by atoms with E-state index in [-0.39, 0.29) is 0 Å². The first-order valence-electron chi connectivity index (χ1n) is 8.74. The number of nitrogens with one attached hydrogen (secondary N) is 1. The number of nitrogens with zero attached hydrogens (tertiary/aromatic N) is 1. The predicted octanol–water partition coefficient (Wildman–Crippen LogP) is 3.63. The fourth-order valence-corrected chi connectivity index (χ4v) is 2.87. The minimum absolute atomic E-state index is 0.335. The van der Waals surface area contributed by atoms with E-state index in [0.29, 0.717) is 24.1 Å². The Hall–Kier alpha value is -2.17. The van der Waals surface area contributed by atoms with E-state index in [2.05, 4.69) is 55.4 Å². The second-order valence-corrected chi connectivity index (χ2v) is 6.92. The van der Waals surface area contributed by atoms with Gasteiger partial charge in [0.1, 0.15) is 0 Å². The van der Waals surface area contributed by atoms with Crippen LogP contribution in [0.5, 0.6) is 0 Å². The number of benzene rings is 2. The molecule has 0 radical (unpaired) electrons. The molecule has 2 aromatic carbocycles. The minimum Gasteiger partial charge on any atom is -0.478 e. The van der Waals surface area contributed by atoms with Gasteiger partial charge in [0.2, 0.25) is 0 Å². The van der Waals surface area contributed by atoms with E-state index >= 15 is 0 Å². The van der Waals surface area contributed by atoms with Gasteiger partial charge in [-0.15, -0.1) is 0 Å². The minimum atomic E-state index is -0.884. The van der Waals surface area contributed by atoms with E-state index in [1.165, 1.54) is 5.56 Å². The summed E-state index contributed by atoms with van der Waals surface area (Å²) in [6, 6.07) is 17.9. The molecule has 0 bridgehead atoms. The zero-order chi connectivity index (χ0) is 18.2. The second-order valence-electron chi connectivity index (χ2n) is 6.92. The van der Waals surface area contributed by atoms with Crippen molar-refractivity contribution in [3.05, 3.63) is 71.3 Å². The van der Waals surface area contributed by atoms with Gasteiger partial charge in [-0.2, -0.15) is 0 Å². The van der Waals surface area contributed by atoms with Crippen molar-refractivity contribution in [2.24, 2.45) is 5.92 Å². The number of aromatic carboxylic acids is 1. The van der Waals surface area contributed by atoms with Crippen LogP contribution in [0.3, 0.4) is 0 Å². The first kappa shape index (κ1) is 19.2. The molecule has 0 heterocycles. The molecule has 2 rings (SSSR count). The number of likely N-dealkylation sites (N-methyl/N-ethyl adjacent to an activating group) is 1. The SMILES string of the molecule is CC(C)C(CN(C)Cc1ccccc1)NCc1cccc(C(=O)O)c1. The van der Waals surface area contributed by atoms with Crippen LogP contribution in [0.4, 0.5) is 0 Å². The Morgan fingerprint density at radius 2 is 1.76 bits per heavy atom. The highest BCUT2D eigenvalue weighted by molar-refractivity contribution is 5.87. The molecule has 0 aliphatic rings. The van der Waals surface area contributed by atoms with E-state index in [1.807, 2.05) is 12.1 Å². The number of hydrogen-bond acceptors (Lipinski definition) is 3. The molecule has 0 spiro atoms. The third-order valence-corrected chi connectivity index (χ3v) is 4.35. The molecule has 0 amide bonds. The van der Waals surface area contributed by atoms with E-state index in [9.17, 15) is 4.79 Å². The monoisotopic (exact) mass is 340 g/mol. The summed E-state index contributed by atoms with van der Waals surface area (Å²) < 4.78 is 0. The zero-order valence-corrected chi connectivity index (χ0v) is 15.3. The zero-order valence-electron chi connectivity index (χ0n) is 15.3. The average Bonchev–Trinajstić information content (AvgIpc) is 2.59. The van der Waals surface area contributed by atoms with Gasteiger partial charge in [0.15, 0.2) is 0 Å². The molecule has 0 saturated carbocycles.